The Morgan fingerprint density at radius 1 is 1.29 bits per heavy atom. The number of nitrogens with zero attached hydrogens (tertiary/aromatic N) is 4. The Morgan fingerprint density at radius 2 is 2.04 bits per heavy atom. The van der Waals surface area contributed by atoms with Crippen molar-refractivity contribution in [1.29, 1.82) is 0 Å². The highest BCUT2D eigenvalue weighted by atomic mass is 16.5. The maximum absolute atomic E-state index is 13.1. The summed E-state index contributed by atoms with van der Waals surface area (Å²) in [6.07, 6.45) is 3.37. The minimum atomic E-state index is -0.0602. The molecular formula is C18H30N4O2. The summed E-state index contributed by atoms with van der Waals surface area (Å²) in [4.78, 5) is 17.5. The van der Waals surface area contributed by atoms with Gasteiger partial charge in [-0.1, -0.05) is 0 Å². The van der Waals surface area contributed by atoms with Crippen molar-refractivity contribution < 1.29 is 9.53 Å². The summed E-state index contributed by atoms with van der Waals surface area (Å²) < 4.78 is 7.47. The quantitative estimate of drug-likeness (QED) is 0.839. The monoisotopic (exact) mass is 334 g/mol. The molecule has 3 rings (SSSR count). The van der Waals surface area contributed by atoms with E-state index in [1.165, 1.54) is 12.1 Å². The van der Waals surface area contributed by atoms with Crippen LogP contribution in [0.15, 0.2) is 6.07 Å². The fraction of sp³-hybridized carbons (Fsp3) is 0.778. The maximum atomic E-state index is 13.1. The van der Waals surface area contributed by atoms with E-state index < -0.39 is 0 Å². The molecule has 0 saturated carbocycles. The molecule has 2 atom stereocenters. The van der Waals surface area contributed by atoms with Gasteiger partial charge in [-0.25, -0.2) is 0 Å². The summed E-state index contributed by atoms with van der Waals surface area (Å²) in [5.41, 5.74) is 2.22. The summed E-state index contributed by atoms with van der Waals surface area (Å²) in [7, 11) is 0. The van der Waals surface area contributed by atoms with Crippen molar-refractivity contribution in [3.05, 3.63) is 17.5 Å². The van der Waals surface area contributed by atoms with Crippen molar-refractivity contribution in [2.24, 2.45) is 0 Å². The summed E-state index contributed by atoms with van der Waals surface area (Å²) >= 11 is 0. The molecular weight excluding hydrogens is 304 g/mol. The molecule has 3 heterocycles. The van der Waals surface area contributed by atoms with Gasteiger partial charge in [0.2, 0.25) is 5.91 Å². The van der Waals surface area contributed by atoms with E-state index in [0.29, 0.717) is 0 Å². The number of aromatic nitrogens is 2. The van der Waals surface area contributed by atoms with Crippen LogP contribution in [0.5, 0.6) is 0 Å². The highest BCUT2D eigenvalue weighted by Gasteiger charge is 2.33. The van der Waals surface area contributed by atoms with Gasteiger partial charge in [-0.3, -0.25) is 14.4 Å². The molecule has 2 fully saturated rings. The average molecular weight is 334 g/mol. The van der Waals surface area contributed by atoms with Crippen molar-refractivity contribution >= 4 is 5.91 Å². The first-order valence-corrected chi connectivity index (χ1v) is 9.19. The van der Waals surface area contributed by atoms with Gasteiger partial charge in [0.05, 0.1) is 37.5 Å². The number of rotatable bonds is 4. The van der Waals surface area contributed by atoms with Gasteiger partial charge < -0.3 is 9.64 Å². The number of hydrogen-bond acceptors (Lipinski definition) is 4. The van der Waals surface area contributed by atoms with E-state index >= 15 is 0 Å². The zero-order valence-corrected chi connectivity index (χ0v) is 15.2. The van der Waals surface area contributed by atoms with E-state index in [0.717, 1.165) is 57.9 Å². The zero-order chi connectivity index (χ0) is 17.1. The molecule has 1 aromatic rings. The fourth-order valence-corrected chi connectivity index (χ4v) is 3.90. The molecule has 0 bridgehead atoms. The van der Waals surface area contributed by atoms with Gasteiger partial charge in [-0.05, 0) is 46.1 Å². The van der Waals surface area contributed by atoms with E-state index in [1.807, 2.05) is 13.8 Å². The molecule has 6 nitrogen and oxygen atoms in total. The molecule has 134 valence electrons. The van der Waals surface area contributed by atoms with Crippen LogP contribution in [0.2, 0.25) is 0 Å². The van der Waals surface area contributed by atoms with Gasteiger partial charge >= 0.3 is 0 Å². The number of morpholine rings is 1. The second kappa shape index (κ2) is 7.66. The summed E-state index contributed by atoms with van der Waals surface area (Å²) in [5.74, 6) is 0.267. The Balaban J connectivity index is 1.69. The molecule has 1 amide bonds. The summed E-state index contributed by atoms with van der Waals surface area (Å²) in [6, 6.07) is 2.30. The van der Waals surface area contributed by atoms with Gasteiger partial charge in [0.1, 0.15) is 0 Å². The van der Waals surface area contributed by atoms with Gasteiger partial charge in [0, 0.05) is 25.3 Å². The minimum absolute atomic E-state index is 0.0602. The molecule has 0 aliphatic carbocycles. The number of ether oxygens (including phenoxy) is 1. The van der Waals surface area contributed by atoms with Crippen LogP contribution in [-0.4, -0.2) is 70.4 Å². The number of aryl methyl sites for hydroxylation is 2. The lowest BCUT2D eigenvalue weighted by Crippen LogP contribution is -2.55. The molecule has 1 aromatic heterocycles. The van der Waals surface area contributed by atoms with E-state index in [9.17, 15) is 4.79 Å². The normalized spacial score (nSPS) is 24.1. The predicted octanol–water partition coefficient (Wildman–Crippen LogP) is 1.60. The zero-order valence-electron chi connectivity index (χ0n) is 15.2. The number of carbonyl (C=O) groups excluding carboxylic acids is 1. The van der Waals surface area contributed by atoms with Crippen molar-refractivity contribution in [2.75, 3.05) is 32.8 Å². The molecule has 0 aromatic carbocycles. The second-order valence-corrected chi connectivity index (χ2v) is 7.11. The SMILES string of the molecule is Cc1cc(C)n(CC2CCCCN2C(=O)C(C)N2CCOCC2)n1. The minimum Gasteiger partial charge on any atom is -0.379 e. The van der Waals surface area contributed by atoms with E-state index in [2.05, 4.69) is 32.6 Å². The third-order valence-electron chi connectivity index (χ3n) is 5.35. The van der Waals surface area contributed by atoms with Crippen molar-refractivity contribution in [3.8, 4) is 0 Å². The van der Waals surface area contributed by atoms with Crippen LogP contribution in [0, 0.1) is 13.8 Å². The molecule has 0 N–H and O–H groups in total. The maximum Gasteiger partial charge on any atom is 0.239 e. The number of piperidine rings is 1. The largest absolute Gasteiger partial charge is 0.379 e. The molecule has 2 aliphatic rings. The Morgan fingerprint density at radius 3 is 2.71 bits per heavy atom. The summed E-state index contributed by atoms with van der Waals surface area (Å²) in [6.45, 7) is 11.0. The first kappa shape index (κ1) is 17.4. The molecule has 6 heteroatoms. The van der Waals surface area contributed by atoms with Crippen molar-refractivity contribution in [3.63, 3.8) is 0 Å². The summed E-state index contributed by atoms with van der Waals surface area (Å²) in [5, 5.41) is 4.58. The van der Waals surface area contributed by atoms with Crippen LogP contribution < -0.4 is 0 Å². The van der Waals surface area contributed by atoms with Gasteiger partial charge in [0.15, 0.2) is 0 Å². The molecule has 0 radical (unpaired) electrons. The fourth-order valence-electron chi connectivity index (χ4n) is 3.90. The lowest BCUT2D eigenvalue weighted by atomic mass is 10.0. The Labute approximate surface area is 144 Å². The van der Waals surface area contributed by atoms with Crippen LogP contribution in [0.3, 0.4) is 0 Å². The smallest absolute Gasteiger partial charge is 0.239 e. The van der Waals surface area contributed by atoms with Crippen LogP contribution in [0.4, 0.5) is 0 Å². The highest BCUT2D eigenvalue weighted by molar-refractivity contribution is 5.82. The van der Waals surface area contributed by atoms with E-state index in [1.54, 1.807) is 0 Å². The second-order valence-electron chi connectivity index (χ2n) is 7.11. The van der Waals surface area contributed by atoms with E-state index in [-0.39, 0.29) is 18.0 Å². The average Bonchev–Trinajstić information content (AvgIpc) is 2.92. The van der Waals surface area contributed by atoms with Gasteiger partial charge in [-0.15, -0.1) is 0 Å². The molecule has 2 aliphatic heterocycles. The van der Waals surface area contributed by atoms with Crippen LogP contribution in [0.25, 0.3) is 0 Å². The van der Waals surface area contributed by atoms with Crippen molar-refractivity contribution in [2.45, 2.75) is 58.7 Å². The van der Waals surface area contributed by atoms with Gasteiger partial charge in [0.25, 0.3) is 0 Å². The van der Waals surface area contributed by atoms with Gasteiger partial charge in [-0.2, -0.15) is 5.10 Å². The van der Waals surface area contributed by atoms with Crippen LogP contribution in [0.1, 0.15) is 37.6 Å². The number of carbonyl (C=O) groups is 1. The Bertz CT molecular complexity index is 565. The molecule has 0 spiro atoms. The third-order valence-corrected chi connectivity index (χ3v) is 5.35. The van der Waals surface area contributed by atoms with Crippen LogP contribution >= 0.6 is 0 Å². The number of likely N-dealkylation sites (tertiary alicyclic amines) is 1. The lowest BCUT2D eigenvalue weighted by molar-refractivity contribution is -0.142. The molecule has 24 heavy (non-hydrogen) atoms. The predicted molar refractivity (Wildman–Crippen MR) is 92.9 cm³/mol. The molecule has 2 saturated heterocycles. The van der Waals surface area contributed by atoms with Crippen molar-refractivity contribution in [1.82, 2.24) is 19.6 Å². The first-order valence-electron chi connectivity index (χ1n) is 9.19. The Hall–Kier alpha value is -1.40. The van der Waals surface area contributed by atoms with E-state index in [4.69, 9.17) is 4.74 Å². The van der Waals surface area contributed by atoms with Crippen LogP contribution in [-0.2, 0) is 16.1 Å². The standard InChI is InChI=1S/C18H30N4O2/c1-14-12-15(2)22(19-14)13-17-6-4-5-7-21(17)18(23)16(3)20-8-10-24-11-9-20/h12,16-17H,4-11,13H2,1-3H3. The first-order chi connectivity index (χ1) is 11.6. The Kier molecular flexibility index (Phi) is 5.56. The lowest BCUT2D eigenvalue weighted by Gasteiger charge is -2.40. The third kappa shape index (κ3) is 3.81. The number of hydrogen-bond donors (Lipinski definition) is 0. The topological polar surface area (TPSA) is 50.6 Å². The highest BCUT2D eigenvalue weighted by Crippen LogP contribution is 2.21. The molecule has 2 unspecified atom stereocenters. The number of amides is 1.